The lowest BCUT2D eigenvalue weighted by Gasteiger charge is -2.30. The number of esters is 2. The predicted molar refractivity (Wildman–Crippen MR) is 79.6 cm³/mol. The van der Waals surface area contributed by atoms with Crippen LogP contribution in [0, 0.1) is 5.92 Å². The van der Waals surface area contributed by atoms with Crippen LogP contribution in [-0.2, 0) is 14.3 Å². The number of ether oxygens (including phenoxy) is 2. The molecule has 1 saturated heterocycles. The van der Waals surface area contributed by atoms with Gasteiger partial charge in [-0.3, -0.25) is 4.79 Å². The van der Waals surface area contributed by atoms with Gasteiger partial charge in [-0.15, -0.1) is 0 Å². The number of carbonyl (C=O) groups is 2. The van der Waals surface area contributed by atoms with E-state index in [-0.39, 0.29) is 11.9 Å². The van der Waals surface area contributed by atoms with Crippen molar-refractivity contribution in [2.24, 2.45) is 5.92 Å². The zero-order valence-electron chi connectivity index (χ0n) is 12.9. The van der Waals surface area contributed by atoms with Gasteiger partial charge in [-0.2, -0.15) is 0 Å². The van der Waals surface area contributed by atoms with Gasteiger partial charge < -0.3 is 14.4 Å². The molecule has 0 aliphatic carbocycles. The van der Waals surface area contributed by atoms with E-state index in [1.54, 1.807) is 6.92 Å². The molecule has 1 fully saturated rings. The fourth-order valence-corrected chi connectivity index (χ4v) is 2.38. The number of hydrogen-bond donors (Lipinski definition) is 0. The lowest BCUT2D eigenvalue weighted by molar-refractivity contribution is -0.148. The normalized spacial score (nSPS) is 15.5. The summed E-state index contributed by atoms with van der Waals surface area (Å²) in [5.41, 5.74) is 0.340. The summed E-state index contributed by atoms with van der Waals surface area (Å²) in [7, 11) is 0. The average Bonchev–Trinajstić information content (AvgIpc) is 2.55. The van der Waals surface area contributed by atoms with Gasteiger partial charge in [0.1, 0.15) is 0 Å². The Labute approximate surface area is 129 Å². The number of carbonyl (C=O) groups excluding carboxylic acids is 2. The summed E-state index contributed by atoms with van der Waals surface area (Å²) < 4.78 is 9.94. The van der Waals surface area contributed by atoms with E-state index >= 15 is 0 Å². The minimum absolute atomic E-state index is 0.0463. The topological polar surface area (TPSA) is 81.6 Å². The molecule has 0 spiro atoms. The maximum atomic E-state index is 11.7. The zero-order valence-corrected chi connectivity index (χ0v) is 12.9. The number of hydrogen-bond acceptors (Lipinski definition) is 7. The fourth-order valence-electron chi connectivity index (χ4n) is 2.38. The standard InChI is InChI=1S/C15H21N3O4/c1-3-21-13(19)11-5-7-18(8-6-11)15-16-9-12(10-17-15)14(20)22-4-2/h9-11H,3-8H2,1-2H3. The summed E-state index contributed by atoms with van der Waals surface area (Å²) in [4.78, 5) is 33.7. The molecular weight excluding hydrogens is 286 g/mol. The second kappa shape index (κ2) is 7.72. The molecule has 1 aromatic rings. The third kappa shape index (κ3) is 3.93. The number of aromatic nitrogens is 2. The molecule has 7 nitrogen and oxygen atoms in total. The van der Waals surface area contributed by atoms with Crippen molar-refractivity contribution in [2.45, 2.75) is 26.7 Å². The molecule has 0 bridgehead atoms. The fraction of sp³-hybridized carbons (Fsp3) is 0.600. The van der Waals surface area contributed by atoms with Crippen molar-refractivity contribution in [1.29, 1.82) is 0 Å². The van der Waals surface area contributed by atoms with E-state index in [4.69, 9.17) is 9.47 Å². The van der Waals surface area contributed by atoms with Crippen LogP contribution in [-0.4, -0.2) is 48.2 Å². The lowest BCUT2D eigenvalue weighted by atomic mass is 9.97. The second-order valence-corrected chi connectivity index (χ2v) is 5.01. The molecule has 0 radical (unpaired) electrons. The van der Waals surface area contributed by atoms with E-state index in [0.717, 1.165) is 12.8 Å². The smallest absolute Gasteiger partial charge is 0.341 e. The van der Waals surface area contributed by atoms with Gasteiger partial charge >= 0.3 is 11.9 Å². The van der Waals surface area contributed by atoms with Gasteiger partial charge in [-0.25, -0.2) is 14.8 Å². The second-order valence-electron chi connectivity index (χ2n) is 5.01. The number of rotatable bonds is 5. The van der Waals surface area contributed by atoms with Gasteiger partial charge in [0.2, 0.25) is 5.95 Å². The van der Waals surface area contributed by atoms with E-state index in [2.05, 4.69) is 9.97 Å². The molecule has 0 unspecified atom stereocenters. The maximum absolute atomic E-state index is 11.7. The van der Waals surface area contributed by atoms with Crippen LogP contribution < -0.4 is 4.90 Å². The molecule has 0 amide bonds. The number of piperidine rings is 1. The van der Waals surface area contributed by atoms with E-state index in [9.17, 15) is 9.59 Å². The Morgan fingerprint density at radius 2 is 1.73 bits per heavy atom. The first kappa shape index (κ1) is 16.2. The van der Waals surface area contributed by atoms with E-state index in [0.29, 0.717) is 37.8 Å². The van der Waals surface area contributed by atoms with Crippen LogP contribution in [0.3, 0.4) is 0 Å². The average molecular weight is 307 g/mol. The molecule has 0 aromatic carbocycles. The minimum atomic E-state index is -0.421. The molecule has 0 N–H and O–H groups in total. The van der Waals surface area contributed by atoms with Crippen LogP contribution in [0.2, 0.25) is 0 Å². The summed E-state index contributed by atoms with van der Waals surface area (Å²) in [6, 6.07) is 0. The quantitative estimate of drug-likeness (QED) is 0.761. The Kier molecular flexibility index (Phi) is 5.68. The van der Waals surface area contributed by atoms with Crippen molar-refractivity contribution in [3.8, 4) is 0 Å². The van der Waals surface area contributed by atoms with Gasteiger partial charge in [-0.1, -0.05) is 0 Å². The Morgan fingerprint density at radius 1 is 1.14 bits per heavy atom. The third-order valence-electron chi connectivity index (χ3n) is 3.55. The monoisotopic (exact) mass is 307 g/mol. The Morgan fingerprint density at radius 3 is 2.27 bits per heavy atom. The van der Waals surface area contributed by atoms with E-state index in [1.807, 2.05) is 11.8 Å². The van der Waals surface area contributed by atoms with Crippen molar-refractivity contribution in [3.05, 3.63) is 18.0 Å². The summed E-state index contributed by atoms with van der Waals surface area (Å²) in [5, 5.41) is 0. The Balaban J connectivity index is 1.91. The highest BCUT2D eigenvalue weighted by molar-refractivity contribution is 5.88. The zero-order chi connectivity index (χ0) is 15.9. The number of anilines is 1. The lowest BCUT2D eigenvalue weighted by Crippen LogP contribution is -2.37. The van der Waals surface area contributed by atoms with Crippen LogP contribution in [0.15, 0.2) is 12.4 Å². The van der Waals surface area contributed by atoms with Gasteiger partial charge in [-0.05, 0) is 26.7 Å². The van der Waals surface area contributed by atoms with Crippen LogP contribution in [0.5, 0.6) is 0 Å². The van der Waals surface area contributed by atoms with Crippen molar-refractivity contribution < 1.29 is 19.1 Å². The first-order chi connectivity index (χ1) is 10.7. The van der Waals surface area contributed by atoms with Gasteiger partial charge in [0, 0.05) is 25.5 Å². The highest BCUT2D eigenvalue weighted by Gasteiger charge is 2.27. The molecule has 7 heteroatoms. The molecule has 1 aromatic heterocycles. The van der Waals surface area contributed by atoms with Crippen LogP contribution in [0.4, 0.5) is 5.95 Å². The molecule has 1 aliphatic rings. The predicted octanol–water partition coefficient (Wildman–Crippen LogP) is 1.43. The molecule has 120 valence electrons. The Bertz CT molecular complexity index is 510. The highest BCUT2D eigenvalue weighted by atomic mass is 16.5. The summed E-state index contributed by atoms with van der Waals surface area (Å²) in [5.74, 6) is -0.0267. The van der Waals surface area contributed by atoms with Gasteiger partial charge in [0.05, 0.1) is 24.7 Å². The SMILES string of the molecule is CCOC(=O)c1cnc(N2CCC(C(=O)OCC)CC2)nc1. The van der Waals surface area contributed by atoms with Crippen molar-refractivity contribution >= 4 is 17.9 Å². The third-order valence-corrected chi connectivity index (χ3v) is 3.55. The first-order valence-corrected chi connectivity index (χ1v) is 7.56. The molecule has 2 heterocycles. The molecule has 2 rings (SSSR count). The summed E-state index contributed by atoms with van der Waals surface area (Å²) >= 11 is 0. The molecule has 0 atom stereocenters. The molecule has 0 saturated carbocycles. The van der Waals surface area contributed by atoms with Gasteiger partial charge in [0.25, 0.3) is 0 Å². The van der Waals surface area contributed by atoms with E-state index in [1.165, 1.54) is 12.4 Å². The van der Waals surface area contributed by atoms with Gasteiger partial charge in [0.15, 0.2) is 0 Å². The molecule has 22 heavy (non-hydrogen) atoms. The summed E-state index contributed by atoms with van der Waals surface area (Å²) in [6.45, 7) is 5.69. The van der Waals surface area contributed by atoms with Crippen LogP contribution in [0.1, 0.15) is 37.0 Å². The van der Waals surface area contributed by atoms with Crippen molar-refractivity contribution in [3.63, 3.8) is 0 Å². The highest BCUT2D eigenvalue weighted by Crippen LogP contribution is 2.21. The Hall–Kier alpha value is -2.18. The molecule has 1 aliphatic heterocycles. The minimum Gasteiger partial charge on any atom is -0.466 e. The number of nitrogens with zero attached hydrogens (tertiary/aromatic N) is 3. The van der Waals surface area contributed by atoms with Crippen molar-refractivity contribution in [2.75, 3.05) is 31.2 Å². The van der Waals surface area contributed by atoms with Crippen molar-refractivity contribution in [1.82, 2.24) is 9.97 Å². The van der Waals surface area contributed by atoms with E-state index < -0.39 is 5.97 Å². The maximum Gasteiger partial charge on any atom is 0.341 e. The van der Waals surface area contributed by atoms with Crippen LogP contribution >= 0.6 is 0 Å². The summed E-state index contributed by atoms with van der Waals surface area (Å²) in [6.07, 6.45) is 4.39. The largest absolute Gasteiger partial charge is 0.466 e. The van der Waals surface area contributed by atoms with Crippen LogP contribution in [0.25, 0.3) is 0 Å². The first-order valence-electron chi connectivity index (χ1n) is 7.56. The molecular formula is C15H21N3O4.